The molecule has 4 heteroatoms. The summed E-state index contributed by atoms with van der Waals surface area (Å²) >= 11 is 0. The first-order chi connectivity index (χ1) is 9.43. The van der Waals surface area contributed by atoms with Crippen LogP contribution in [0, 0.1) is 6.92 Å². The number of aryl methyl sites for hydroxylation is 1. The van der Waals surface area contributed by atoms with Crippen LogP contribution in [0.3, 0.4) is 0 Å². The zero-order chi connectivity index (χ0) is 15.1. The van der Waals surface area contributed by atoms with Crippen molar-refractivity contribution in [3.05, 3.63) is 29.3 Å². The van der Waals surface area contributed by atoms with E-state index < -0.39 is 0 Å². The van der Waals surface area contributed by atoms with Gasteiger partial charge >= 0.3 is 0 Å². The Hall–Kier alpha value is -1.71. The maximum absolute atomic E-state index is 5.88. The van der Waals surface area contributed by atoms with Gasteiger partial charge in [-0.3, -0.25) is 0 Å². The Balaban J connectivity index is 2.93. The minimum Gasteiger partial charge on any atom is -0.491 e. The Morgan fingerprint density at radius 3 is 2.60 bits per heavy atom. The fourth-order valence-corrected chi connectivity index (χ4v) is 1.83. The molecule has 0 aromatic heterocycles. The quantitative estimate of drug-likeness (QED) is 0.664. The van der Waals surface area contributed by atoms with E-state index in [2.05, 4.69) is 42.4 Å². The number of guanidine groups is 1. The number of ether oxygens (including phenoxy) is 1. The van der Waals surface area contributed by atoms with Crippen molar-refractivity contribution in [1.29, 1.82) is 0 Å². The lowest BCUT2D eigenvalue weighted by Crippen LogP contribution is -2.36. The third-order valence-electron chi connectivity index (χ3n) is 2.74. The van der Waals surface area contributed by atoms with E-state index in [1.165, 1.54) is 5.56 Å². The van der Waals surface area contributed by atoms with Crippen LogP contribution in [-0.2, 0) is 6.54 Å². The van der Waals surface area contributed by atoms with Gasteiger partial charge in [0, 0.05) is 26.2 Å². The first kappa shape index (κ1) is 16.3. The van der Waals surface area contributed by atoms with E-state index in [4.69, 9.17) is 4.74 Å². The maximum atomic E-state index is 5.88. The highest BCUT2D eigenvalue weighted by Gasteiger charge is 2.07. The summed E-state index contributed by atoms with van der Waals surface area (Å²) in [5.41, 5.74) is 2.31. The van der Waals surface area contributed by atoms with E-state index >= 15 is 0 Å². The molecule has 4 nitrogen and oxygen atoms in total. The lowest BCUT2D eigenvalue weighted by molar-refractivity contribution is 0.240. The highest BCUT2D eigenvalue weighted by Crippen LogP contribution is 2.22. The Morgan fingerprint density at radius 2 is 2.05 bits per heavy atom. The number of hydrogen-bond donors (Lipinski definition) is 1. The minimum atomic E-state index is 0.168. The predicted molar refractivity (Wildman–Crippen MR) is 85.4 cm³/mol. The van der Waals surface area contributed by atoms with Gasteiger partial charge in [0.2, 0.25) is 0 Å². The molecule has 0 amide bonds. The minimum absolute atomic E-state index is 0.168. The van der Waals surface area contributed by atoms with Gasteiger partial charge in [0.25, 0.3) is 0 Å². The molecule has 0 unspecified atom stereocenters. The van der Waals surface area contributed by atoms with Crippen LogP contribution >= 0.6 is 0 Å². The summed E-state index contributed by atoms with van der Waals surface area (Å²) in [7, 11) is 3.98. The van der Waals surface area contributed by atoms with Crippen LogP contribution in [0.4, 0.5) is 0 Å². The third-order valence-corrected chi connectivity index (χ3v) is 2.74. The van der Waals surface area contributed by atoms with Crippen molar-refractivity contribution < 1.29 is 4.74 Å². The molecule has 1 aromatic carbocycles. The smallest absolute Gasteiger partial charge is 0.193 e. The topological polar surface area (TPSA) is 36.9 Å². The van der Waals surface area contributed by atoms with Crippen molar-refractivity contribution in [3.8, 4) is 5.75 Å². The molecule has 0 spiro atoms. The lowest BCUT2D eigenvalue weighted by Gasteiger charge is -2.18. The highest BCUT2D eigenvalue weighted by molar-refractivity contribution is 5.79. The summed E-state index contributed by atoms with van der Waals surface area (Å²) in [5, 5.41) is 3.26. The average Bonchev–Trinajstić information content (AvgIpc) is 2.35. The van der Waals surface area contributed by atoms with E-state index in [9.17, 15) is 0 Å². The van der Waals surface area contributed by atoms with Gasteiger partial charge in [-0.1, -0.05) is 12.1 Å². The molecular weight excluding hydrogens is 250 g/mol. The summed E-state index contributed by atoms with van der Waals surface area (Å²) in [6.07, 6.45) is 0.168. The second-order valence-electron chi connectivity index (χ2n) is 5.34. The maximum Gasteiger partial charge on any atom is 0.193 e. The summed E-state index contributed by atoms with van der Waals surface area (Å²) in [5.74, 6) is 1.82. The largest absolute Gasteiger partial charge is 0.491 e. The van der Waals surface area contributed by atoms with Gasteiger partial charge in [0.15, 0.2) is 5.96 Å². The van der Waals surface area contributed by atoms with Gasteiger partial charge in [-0.2, -0.15) is 0 Å². The van der Waals surface area contributed by atoms with Crippen LogP contribution < -0.4 is 10.1 Å². The van der Waals surface area contributed by atoms with E-state index in [0.717, 1.165) is 23.8 Å². The van der Waals surface area contributed by atoms with Gasteiger partial charge in [0.05, 0.1) is 12.6 Å². The van der Waals surface area contributed by atoms with Gasteiger partial charge in [-0.15, -0.1) is 0 Å². The van der Waals surface area contributed by atoms with E-state index in [1.54, 1.807) is 0 Å². The van der Waals surface area contributed by atoms with Crippen LogP contribution in [0.5, 0.6) is 5.75 Å². The monoisotopic (exact) mass is 277 g/mol. The van der Waals surface area contributed by atoms with Crippen LogP contribution in [0.2, 0.25) is 0 Å². The van der Waals surface area contributed by atoms with Crippen molar-refractivity contribution in [2.45, 2.75) is 40.3 Å². The lowest BCUT2D eigenvalue weighted by atomic mass is 10.1. The van der Waals surface area contributed by atoms with Gasteiger partial charge in [-0.25, -0.2) is 4.99 Å². The molecule has 0 fully saturated rings. The molecule has 0 radical (unpaired) electrons. The molecule has 0 aliphatic carbocycles. The fraction of sp³-hybridized carbons (Fsp3) is 0.562. The van der Waals surface area contributed by atoms with Crippen molar-refractivity contribution in [2.75, 3.05) is 20.6 Å². The number of aliphatic imine (C=N–C) groups is 1. The van der Waals surface area contributed by atoms with E-state index in [-0.39, 0.29) is 6.10 Å². The number of benzene rings is 1. The van der Waals surface area contributed by atoms with Crippen LogP contribution in [-0.4, -0.2) is 37.6 Å². The van der Waals surface area contributed by atoms with Crippen LogP contribution in [0.1, 0.15) is 31.9 Å². The fourth-order valence-electron chi connectivity index (χ4n) is 1.83. The summed E-state index contributed by atoms with van der Waals surface area (Å²) < 4.78 is 5.88. The molecule has 0 bridgehead atoms. The molecule has 0 aliphatic heterocycles. The van der Waals surface area contributed by atoms with Gasteiger partial charge in [-0.05, 0) is 39.3 Å². The summed E-state index contributed by atoms with van der Waals surface area (Å²) in [6, 6.07) is 6.27. The second-order valence-corrected chi connectivity index (χ2v) is 5.34. The summed E-state index contributed by atoms with van der Waals surface area (Å²) in [6.45, 7) is 9.70. The zero-order valence-electron chi connectivity index (χ0n) is 13.5. The standard InChI is InChI=1S/C16H27N3O/c1-7-17-16(19(5)6)18-11-14-9-8-13(4)10-15(14)20-12(2)3/h8-10,12H,7,11H2,1-6H3,(H,17,18). The molecule has 0 atom stereocenters. The molecule has 0 saturated heterocycles. The van der Waals surface area contributed by atoms with E-state index in [0.29, 0.717) is 6.54 Å². The number of hydrogen-bond acceptors (Lipinski definition) is 2. The van der Waals surface area contributed by atoms with Crippen LogP contribution in [0.25, 0.3) is 0 Å². The zero-order valence-corrected chi connectivity index (χ0v) is 13.5. The molecular formula is C16H27N3O. The van der Waals surface area contributed by atoms with Crippen molar-refractivity contribution in [3.63, 3.8) is 0 Å². The average molecular weight is 277 g/mol. The van der Waals surface area contributed by atoms with E-state index in [1.807, 2.05) is 32.8 Å². The first-order valence-corrected chi connectivity index (χ1v) is 7.15. The SMILES string of the molecule is CCNC(=NCc1ccc(C)cc1OC(C)C)N(C)C. The Bertz CT molecular complexity index is 453. The Kier molecular flexibility index (Phi) is 6.36. The number of nitrogens with zero attached hydrogens (tertiary/aromatic N) is 2. The van der Waals surface area contributed by atoms with Crippen molar-refractivity contribution in [2.24, 2.45) is 4.99 Å². The second kappa shape index (κ2) is 7.78. The third kappa shape index (κ3) is 5.11. The molecule has 20 heavy (non-hydrogen) atoms. The molecule has 1 N–H and O–H groups in total. The molecule has 112 valence electrons. The van der Waals surface area contributed by atoms with Gasteiger partial charge < -0.3 is 15.0 Å². The summed E-state index contributed by atoms with van der Waals surface area (Å²) in [4.78, 5) is 6.62. The molecule has 0 heterocycles. The molecule has 1 rings (SSSR count). The molecule has 1 aromatic rings. The number of rotatable bonds is 5. The van der Waals surface area contributed by atoms with Crippen molar-refractivity contribution >= 4 is 5.96 Å². The highest BCUT2D eigenvalue weighted by atomic mass is 16.5. The van der Waals surface area contributed by atoms with Crippen LogP contribution in [0.15, 0.2) is 23.2 Å². The first-order valence-electron chi connectivity index (χ1n) is 7.15. The van der Waals surface area contributed by atoms with Gasteiger partial charge in [0.1, 0.15) is 5.75 Å². The predicted octanol–water partition coefficient (Wildman–Crippen LogP) is 2.81. The number of nitrogens with one attached hydrogen (secondary N) is 1. The molecule has 0 aliphatic rings. The normalized spacial score (nSPS) is 11.7. The molecule has 0 saturated carbocycles. The van der Waals surface area contributed by atoms with Crippen molar-refractivity contribution in [1.82, 2.24) is 10.2 Å². The Labute approximate surface area is 122 Å². The Morgan fingerprint density at radius 1 is 1.35 bits per heavy atom.